The molecule has 5 nitrogen and oxygen atoms in total. The van der Waals surface area contributed by atoms with Crippen molar-refractivity contribution in [3.63, 3.8) is 0 Å². The van der Waals surface area contributed by atoms with Gasteiger partial charge in [-0.25, -0.2) is 0 Å². The molecule has 2 rings (SSSR count). The predicted octanol–water partition coefficient (Wildman–Crippen LogP) is 1.07. The van der Waals surface area contributed by atoms with Gasteiger partial charge in [0.2, 0.25) is 6.29 Å². The molecule has 5 atom stereocenters. The second-order valence-corrected chi connectivity index (χ2v) is 6.04. The number of aliphatic hydroxyl groups is 3. The number of hydrogen-bond acceptors (Lipinski definition) is 5. The number of alkyl halides is 1. The number of benzene rings is 1. The first-order valence-corrected chi connectivity index (χ1v) is 8.02. The van der Waals surface area contributed by atoms with Gasteiger partial charge in [0.25, 0.3) is 0 Å². The molecule has 0 bridgehead atoms. The molecule has 1 aliphatic rings. The van der Waals surface area contributed by atoms with Crippen LogP contribution < -0.4 is 4.74 Å². The van der Waals surface area contributed by atoms with Crippen LogP contribution in [0.3, 0.4) is 0 Å². The van der Waals surface area contributed by atoms with Crippen LogP contribution in [0, 0.1) is 0 Å². The standard InChI is InChI=1S/C12H14BrIO5/c13-6-1-3-7(4-2-6)18-12-11(17)10(16)9(15)8(5-14)19-12/h1-4,8-12,15-17H,5H2/t8-,9+,10+,11+,12+/m0/s1. The van der Waals surface area contributed by atoms with E-state index in [0.717, 1.165) is 4.47 Å². The van der Waals surface area contributed by atoms with E-state index in [-0.39, 0.29) is 0 Å². The maximum atomic E-state index is 9.87. The minimum Gasteiger partial charge on any atom is -0.462 e. The number of hydrogen-bond donors (Lipinski definition) is 3. The van der Waals surface area contributed by atoms with E-state index in [1.807, 2.05) is 22.6 Å². The Kier molecular flexibility index (Phi) is 5.44. The topological polar surface area (TPSA) is 79.2 Å². The Morgan fingerprint density at radius 2 is 1.74 bits per heavy atom. The number of aliphatic hydroxyl groups excluding tert-OH is 3. The number of ether oxygens (including phenoxy) is 2. The molecule has 0 unspecified atom stereocenters. The molecule has 1 heterocycles. The van der Waals surface area contributed by atoms with Crippen LogP contribution in [-0.4, -0.2) is 50.5 Å². The summed E-state index contributed by atoms with van der Waals surface area (Å²) in [6.45, 7) is 0. The SMILES string of the molecule is O[C@H]1[C@@H](O)[C@H](Oc2ccc(Br)cc2)O[C@@H](CI)[C@H]1O. The monoisotopic (exact) mass is 444 g/mol. The molecule has 1 saturated heterocycles. The smallest absolute Gasteiger partial charge is 0.229 e. The van der Waals surface area contributed by atoms with Crippen LogP contribution in [0.15, 0.2) is 28.7 Å². The first kappa shape index (κ1) is 15.5. The second-order valence-electron chi connectivity index (χ2n) is 4.24. The largest absolute Gasteiger partial charge is 0.462 e. The third-order valence-corrected chi connectivity index (χ3v) is 4.28. The van der Waals surface area contributed by atoms with Gasteiger partial charge in [0, 0.05) is 8.90 Å². The van der Waals surface area contributed by atoms with Crippen molar-refractivity contribution in [1.29, 1.82) is 0 Å². The minimum atomic E-state index is -1.29. The molecule has 0 radical (unpaired) electrons. The fraction of sp³-hybridized carbons (Fsp3) is 0.500. The molecule has 1 aromatic rings. The summed E-state index contributed by atoms with van der Waals surface area (Å²) in [5.41, 5.74) is 0. The Labute approximate surface area is 132 Å². The lowest BCUT2D eigenvalue weighted by molar-refractivity contribution is -0.266. The van der Waals surface area contributed by atoms with Gasteiger partial charge in [-0.15, -0.1) is 0 Å². The summed E-state index contributed by atoms with van der Waals surface area (Å²) in [4.78, 5) is 0. The molecule has 0 aromatic heterocycles. The fourth-order valence-corrected chi connectivity index (χ4v) is 2.78. The number of rotatable bonds is 3. The highest BCUT2D eigenvalue weighted by atomic mass is 127. The van der Waals surface area contributed by atoms with Crippen molar-refractivity contribution in [2.24, 2.45) is 0 Å². The Balaban J connectivity index is 2.08. The van der Waals surface area contributed by atoms with Crippen LogP contribution in [0.4, 0.5) is 0 Å². The van der Waals surface area contributed by atoms with E-state index in [0.29, 0.717) is 10.2 Å². The average Bonchev–Trinajstić information content (AvgIpc) is 2.42. The predicted molar refractivity (Wildman–Crippen MR) is 80.3 cm³/mol. The maximum Gasteiger partial charge on any atom is 0.229 e. The van der Waals surface area contributed by atoms with Gasteiger partial charge in [-0.1, -0.05) is 38.5 Å². The quantitative estimate of drug-likeness (QED) is 0.480. The van der Waals surface area contributed by atoms with E-state index in [2.05, 4.69) is 15.9 Å². The Morgan fingerprint density at radius 1 is 1.11 bits per heavy atom. The highest BCUT2D eigenvalue weighted by Crippen LogP contribution is 2.26. The van der Waals surface area contributed by atoms with Gasteiger partial charge >= 0.3 is 0 Å². The van der Waals surface area contributed by atoms with Gasteiger partial charge < -0.3 is 24.8 Å². The van der Waals surface area contributed by atoms with Crippen LogP contribution in [0.2, 0.25) is 0 Å². The highest BCUT2D eigenvalue weighted by molar-refractivity contribution is 14.1. The van der Waals surface area contributed by atoms with Crippen molar-refractivity contribution >= 4 is 38.5 Å². The van der Waals surface area contributed by atoms with E-state index in [9.17, 15) is 15.3 Å². The zero-order chi connectivity index (χ0) is 14.0. The van der Waals surface area contributed by atoms with E-state index < -0.39 is 30.7 Å². The molecule has 7 heteroatoms. The van der Waals surface area contributed by atoms with Crippen molar-refractivity contribution < 1.29 is 24.8 Å². The van der Waals surface area contributed by atoms with E-state index in [4.69, 9.17) is 9.47 Å². The average molecular weight is 445 g/mol. The Hall–Kier alpha value is 0.0700. The summed E-state index contributed by atoms with van der Waals surface area (Å²) in [5, 5.41) is 29.4. The van der Waals surface area contributed by atoms with E-state index in [1.54, 1.807) is 24.3 Å². The van der Waals surface area contributed by atoms with E-state index in [1.165, 1.54) is 0 Å². The van der Waals surface area contributed by atoms with Gasteiger partial charge in [0.1, 0.15) is 24.1 Å². The Morgan fingerprint density at radius 3 is 2.32 bits per heavy atom. The molecule has 1 aromatic carbocycles. The third-order valence-electron chi connectivity index (χ3n) is 2.89. The van der Waals surface area contributed by atoms with Crippen molar-refractivity contribution in [3.05, 3.63) is 28.7 Å². The van der Waals surface area contributed by atoms with Gasteiger partial charge in [0.15, 0.2) is 0 Å². The zero-order valence-electron chi connectivity index (χ0n) is 9.82. The van der Waals surface area contributed by atoms with Gasteiger partial charge in [-0.3, -0.25) is 0 Å². The van der Waals surface area contributed by atoms with Crippen molar-refractivity contribution in [2.75, 3.05) is 4.43 Å². The molecule has 0 amide bonds. The van der Waals surface area contributed by atoms with Crippen LogP contribution in [0.1, 0.15) is 0 Å². The van der Waals surface area contributed by atoms with Crippen molar-refractivity contribution in [1.82, 2.24) is 0 Å². The van der Waals surface area contributed by atoms with Crippen molar-refractivity contribution in [2.45, 2.75) is 30.7 Å². The van der Waals surface area contributed by atoms with E-state index >= 15 is 0 Å². The van der Waals surface area contributed by atoms with Crippen LogP contribution in [-0.2, 0) is 4.74 Å². The van der Waals surface area contributed by atoms with Gasteiger partial charge in [-0.05, 0) is 24.3 Å². The Bertz CT molecular complexity index is 413. The molecule has 3 N–H and O–H groups in total. The third kappa shape index (κ3) is 3.59. The molecule has 1 aliphatic heterocycles. The second kappa shape index (κ2) is 6.68. The lowest BCUT2D eigenvalue weighted by atomic mass is 10.00. The molecular weight excluding hydrogens is 431 g/mol. The summed E-state index contributed by atoms with van der Waals surface area (Å²) >= 11 is 5.36. The molecule has 19 heavy (non-hydrogen) atoms. The normalized spacial score (nSPS) is 35.1. The van der Waals surface area contributed by atoms with Gasteiger partial charge in [0.05, 0.1) is 6.10 Å². The summed E-state index contributed by atoms with van der Waals surface area (Å²) < 4.78 is 12.4. The molecule has 106 valence electrons. The fourth-order valence-electron chi connectivity index (χ4n) is 1.79. The van der Waals surface area contributed by atoms with Crippen LogP contribution >= 0.6 is 38.5 Å². The van der Waals surface area contributed by atoms with Crippen LogP contribution in [0.25, 0.3) is 0 Å². The summed E-state index contributed by atoms with van der Waals surface area (Å²) in [6.07, 6.45) is -5.26. The summed E-state index contributed by atoms with van der Waals surface area (Å²) in [7, 11) is 0. The maximum absolute atomic E-state index is 9.87. The minimum absolute atomic E-state index is 0.489. The first-order valence-electron chi connectivity index (χ1n) is 5.71. The summed E-state index contributed by atoms with van der Waals surface area (Å²) in [6, 6.07) is 7.03. The zero-order valence-corrected chi connectivity index (χ0v) is 13.6. The summed E-state index contributed by atoms with van der Waals surface area (Å²) in [5.74, 6) is 0.517. The number of halogens is 2. The highest BCUT2D eigenvalue weighted by Gasteiger charge is 2.44. The molecule has 0 aliphatic carbocycles. The van der Waals surface area contributed by atoms with Crippen LogP contribution in [0.5, 0.6) is 5.75 Å². The first-order chi connectivity index (χ1) is 9.02. The lowest BCUT2D eigenvalue weighted by Gasteiger charge is -2.39. The molecular formula is C12H14BrIO5. The molecule has 0 saturated carbocycles. The van der Waals surface area contributed by atoms with Crippen molar-refractivity contribution in [3.8, 4) is 5.75 Å². The molecule has 1 fully saturated rings. The molecule has 0 spiro atoms. The van der Waals surface area contributed by atoms with Gasteiger partial charge in [-0.2, -0.15) is 0 Å². The lowest BCUT2D eigenvalue weighted by Crippen LogP contribution is -2.59.